The maximum Gasteiger partial charge on any atom is 0.146 e. The average Bonchev–Trinajstić information content (AvgIpc) is 2.89. The van der Waals surface area contributed by atoms with Crippen LogP contribution in [0.3, 0.4) is 0 Å². The van der Waals surface area contributed by atoms with Crippen molar-refractivity contribution in [3.63, 3.8) is 0 Å². The normalized spacial score (nSPS) is 17.5. The van der Waals surface area contributed by atoms with Gasteiger partial charge in [-0.25, -0.2) is 4.39 Å². The van der Waals surface area contributed by atoms with Gasteiger partial charge in [-0.15, -0.1) is 0 Å². The highest BCUT2D eigenvalue weighted by atomic mass is 79.9. The zero-order valence-electron chi connectivity index (χ0n) is 12.0. The maximum absolute atomic E-state index is 13.9. The van der Waals surface area contributed by atoms with Gasteiger partial charge in [0.25, 0.3) is 0 Å². The van der Waals surface area contributed by atoms with E-state index in [4.69, 9.17) is 0 Å². The Morgan fingerprint density at radius 1 is 1.18 bits per heavy atom. The molecule has 1 aliphatic carbocycles. The van der Waals surface area contributed by atoms with Crippen molar-refractivity contribution in [2.75, 3.05) is 5.32 Å². The van der Waals surface area contributed by atoms with Crippen molar-refractivity contribution in [1.29, 1.82) is 0 Å². The molecule has 0 saturated heterocycles. The maximum atomic E-state index is 13.9. The molecule has 1 aromatic heterocycles. The van der Waals surface area contributed by atoms with Crippen LogP contribution < -0.4 is 5.32 Å². The predicted molar refractivity (Wildman–Crippen MR) is 91.7 cm³/mol. The number of aromatic amines is 1. The number of fused-ring (bicyclic) bond motifs is 3. The smallest absolute Gasteiger partial charge is 0.146 e. The molecular weight excluding hydrogens is 343 g/mol. The Bertz CT molecular complexity index is 840. The van der Waals surface area contributed by atoms with Gasteiger partial charge in [0.05, 0.1) is 11.7 Å². The van der Waals surface area contributed by atoms with E-state index in [2.05, 4.69) is 38.4 Å². The SMILES string of the molecule is Fc1ccccc1NC1CCCc2c1[nH]c1ccc(Br)cc21. The summed E-state index contributed by atoms with van der Waals surface area (Å²) in [5.41, 5.74) is 4.27. The number of halogens is 2. The molecule has 0 radical (unpaired) electrons. The van der Waals surface area contributed by atoms with Crippen LogP contribution in [0, 0.1) is 5.82 Å². The Kier molecular flexibility index (Phi) is 3.41. The molecule has 0 bridgehead atoms. The number of benzene rings is 2. The summed E-state index contributed by atoms with van der Waals surface area (Å²) in [4.78, 5) is 3.53. The Balaban J connectivity index is 1.76. The third-order valence-electron chi connectivity index (χ3n) is 4.37. The quantitative estimate of drug-likeness (QED) is 0.616. The van der Waals surface area contributed by atoms with Crippen LogP contribution in [-0.2, 0) is 6.42 Å². The molecule has 22 heavy (non-hydrogen) atoms. The number of hydrogen-bond acceptors (Lipinski definition) is 1. The second-order valence-corrected chi connectivity index (χ2v) is 6.69. The molecule has 1 atom stereocenters. The van der Waals surface area contributed by atoms with Crippen molar-refractivity contribution in [2.24, 2.45) is 0 Å². The zero-order chi connectivity index (χ0) is 15.1. The average molecular weight is 359 g/mol. The number of nitrogens with one attached hydrogen (secondary N) is 2. The summed E-state index contributed by atoms with van der Waals surface area (Å²) in [6.45, 7) is 0. The van der Waals surface area contributed by atoms with Gasteiger partial charge in [-0.3, -0.25) is 0 Å². The van der Waals surface area contributed by atoms with Crippen molar-refractivity contribution in [1.82, 2.24) is 4.98 Å². The molecule has 0 amide bonds. The van der Waals surface area contributed by atoms with Gasteiger partial charge in [0, 0.05) is 21.1 Å². The molecule has 2 N–H and O–H groups in total. The van der Waals surface area contributed by atoms with E-state index in [1.165, 1.54) is 22.7 Å². The highest BCUT2D eigenvalue weighted by Crippen LogP contribution is 2.37. The largest absolute Gasteiger partial charge is 0.374 e. The van der Waals surface area contributed by atoms with Crippen molar-refractivity contribution < 1.29 is 4.39 Å². The van der Waals surface area contributed by atoms with Gasteiger partial charge in [-0.1, -0.05) is 28.1 Å². The minimum atomic E-state index is -0.200. The molecule has 0 spiro atoms. The standard InChI is InChI=1S/C18H16BrFN2/c19-11-8-9-15-13(10-11)12-4-3-7-17(18(12)22-15)21-16-6-2-1-5-14(16)20/h1-2,5-6,8-10,17,21-22H,3-4,7H2. The predicted octanol–water partition coefficient (Wildman–Crippen LogP) is 5.56. The molecule has 0 aliphatic heterocycles. The first kappa shape index (κ1) is 13.8. The summed E-state index contributed by atoms with van der Waals surface area (Å²) in [6.07, 6.45) is 3.19. The first-order chi connectivity index (χ1) is 10.7. The molecule has 112 valence electrons. The van der Waals surface area contributed by atoms with Gasteiger partial charge in [-0.05, 0) is 55.2 Å². The second-order valence-electron chi connectivity index (χ2n) is 5.78. The summed E-state index contributed by atoms with van der Waals surface area (Å²) in [5, 5.41) is 4.63. The summed E-state index contributed by atoms with van der Waals surface area (Å²) in [5.74, 6) is -0.200. The van der Waals surface area contributed by atoms with Crippen LogP contribution in [0.2, 0.25) is 0 Å². The molecule has 4 heteroatoms. The minimum absolute atomic E-state index is 0.131. The lowest BCUT2D eigenvalue weighted by molar-refractivity contribution is 0.580. The van der Waals surface area contributed by atoms with Crippen LogP contribution in [0.25, 0.3) is 10.9 Å². The highest BCUT2D eigenvalue weighted by Gasteiger charge is 2.24. The molecule has 1 heterocycles. The number of H-pyrrole nitrogens is 1. The summed E-state index contributed by atoms with van der Waals surface area (Å²) in [6, 6.07) is 13.3. The molecule has 2 aromatic carbocycles. The van der Waals surface area contributed by atoms with Crippen LogP contribution in [0.4, 0.5) is 10.1 Å². The van der Waals surface area contributed by atoms with Crippen LogP contribution in [-0.4, -0.2) is 4.98 Å². The van der Waals surface area contributed by atoms with Gasteiger partial charge in [-0.2, -0.15) is 0 Å². The fraction of sp³-hybridized carbons (Fsp3) is 0.222. The summed E-state index contributed by atoms with van der Waals surface area (Å²) < 4.78 is 15.0. The van der Waals surface area contributed by atoms with E-state index in [0.29, 0.717) is 5.69 Å². The summed E-state index contributed by atoms with van der Waals surface area (Å²) in [7, 11) is 0. The van der Waals surface area contributed by atoms with E-state index in [1.807, 2.05) is 12.1 Å². The second kappa shape index (κ2) is 5.43. The van der Waals surface area contributed by atoms with Gasteiger partial charge in [0.2, 0.25) is 0 Å². The fourth-order valence-corrected chi connectivity index (χ4v) is 3.71. The first-order valence-corrected chi connectivity index (χ1v) is 8.33. The van der Waals surface area contributed by atoms with Crippen molar-refractivity contribution in [2.45, 2.75) is 25.3 Å². The van der Waals surface area contributed by atoms with Gasteiger partial charge in [0.15, 0.2) is 0 Å². The first-order valence-electron chi connectivity index (χ1n) is 7.53. The van der Waals surface area contributed by atoms with Crippen molar-refractivity contribution in [3.8, 4) is 0 Å². The molecule has 0 saturated carbocycles. The summed E-state index contributed by atoms with van der Waals surface area (Å²) >= 11 is 3.54. The number of anilines is 1. The Labute approximate surface area is 136 Å². The Morgan fingerprint density at radius 2 is 2.05 bits per heavy atom. The van der Waals surface area contributed by atoms with E-state index in [-0.39, 0.29) is 11.9 Å². The van der Waals surface area contributed by atoms with Crippen LogP contribution >= 0.6 is 15.9 Å². The molecule has 1 unspecified atom stereocenters. The number of rotatable bonds is 2. The zero-order valence-corrected chi connectivity index (χ0v) is 13.6. The van der Waals surface area contributed by atoms with Crippen LogP contribution in [0.5, 0.6) is 0 Å². The third kappa shape index (κ3) is 2.31. The number of hydrogen-bond donors (Lipinski definition) is 2. The lowest BCUT2D eigenvalue weighted by atomic mass is 9.91. The Morgan fingerprint density at radius 3 is 2.91 bits per heavy atom. The molecule has 3 aromatic rings. The molecule has 0 fully saturated rings. The van der Waals surface area contributed by atoms with E-state index in [1.54, 1.807) is 12.1 Å². The topological polar surface area (TPSA) is 27.8 Å². The number of aromatic nitrogens is 1. The third-order valence-corrected chi connectivity index (χ3v) is 4.87. The van der Waals surface area contributed by atoms with E-state index in [0.717, 1.165) is 29.3 Å². The number of aryl methyl sites for hydroxylation is 1. The van der Waals surface area contributed by atoms with Crippen molar-refractivity contribution >= 4 is 32.5 Å². The van der Waals surface area contributed by atoms with Crippen LogP contribution in [0.1, 0.15) is 30.1 Å². The van der Waals surface area contributed by atoms with Gasteiger partial charge in [0.1, 0.15) is 5.82 Å². The molecule has 4 rings (SSSR count). The minimum Gasteiger partial charge on any atom is -0.374 e. The molecular formula is C18H16BrFN2. The Hall–Kier alpha value is -1.81. The number of para-hydroxylation sites is 1. The van der Waals surface area contributed by atoms with Gasteiger partial charge >= 0.3 is 0 Å². The fourth-order valence-electron chi connectivity index (χ4n) is 3.35. The van der Waals surface area contributed by atoms with Crippen LogP contribution in [0.15, 0.2) is 46.9 Å². The lowest BCUT2D eigenvalue weighted by Gasteiger charge is -2.25. The monoisotopic (exact) mass is 358 g/mol. The van der Waals surface area contributed by atoms with E-state index in [9.17, 15) is 4.39 Å². The lowest BCUT2D eigenvalue weighted by Crippen LogP contribution is -2.17. The molecule has 2 nitrogen and oxygen atoms in total. The van der Waals surface area contributed by atoms with Gasteiger partial charge < -0.3 is 10.3 Å². The highest BCUT2D eigenvalue weighted by molar-refractivity contribution is 9.10. The van der Waals surface area contributed by atoms with Crippen molar-refractivity contribution in [3.05, 3.63) is 64.0 Å². The molecule has 1 aliphatic rings. The van der Waals surface area contributed by atoms with E-state index < -0.39 is 0 Å². The van der Waals surface area contributed by atoms with E-state index >= 15 is 0 Å².